The van der Waals surface area contributed by atoms with Gasteiger partial charge in [-0.05, 0) is 83.1 Å². The molecule has 2 aliphatic rings. The molecular formula is C37H41BN2O4. The molecule has 0 saturated heterocycles. The Balaban J connectivity index is 1.57. The van der Waals surface area contributed by atoms with E-state index >= 15 is 0 Å². The molecule has 1 aliphatic carbocycles. The monoisotopic (exact) mass is 588 g/mol. The van der Waals surface area contributed by atoms with E-state index in [1.165, 1.54) is 52.8 Å². The van der Waals surface area contributed by atoms with E-state index in [9.17, 15) is 9.59 Å². The van der Waals surface area contributed by atoms with Crippen molar-refractivity contribution in [2.45, 2.75) is 65.8 Å². The van der Waals surface area contributed by atoms with Crippen LogP contribution in [0.3, 0.4) is 0 Å². The lowest BCUT2D eigenvalue weighted by Gasteiger charge is -2.40. The Bertz CT molecular complexity index is 1710. The van der Waals surface area contributed by atoms with Gasteiger partial charge in [-0.25, -0.2) is 0 Å². The number of benzene rings is 4. The molecule has 0 atom stereocenters. The minimum atomic E-state index is -1.37. The Morgan fingerprint density at radius 3 is 2.18 bits per heavy atom. The minimum Gasteiger partial charge on any atom is -0.468 e. The summed E-state index contributed by atoms with van der Waals surface area (Å²) in [4.78, 5) is 29.0. The van der Waals surface area contributed by atoms with E-state index in [1.807, 2.05) is 0 Å². The fourth-order valence-electron chi connectivity index (χ4n) is 7.61. The Labute approximate surface area is 260 Å². The van der Waals surface area contributed by atoms with Crippen LogP contribution in [0, 0.1) is 19.3 Å². The van der Waals surface area contributed by atoms with Crippen LogP contribution in [0.4, 0.5) is 11.4 Å². The first-order chi connectivity index (χ1) is 21.3. The highest BCUT2D eigenvalue weighted by Gasteiger charge is 2.54. The zero-order valence-corrected chi connectivity index (χ0v) is 26.5. The molecule has 7 heteroatoms. The van der Waals surface area contributed by atoms with Crippen molar-refractivity contribution in [2.24, 2.45) is 5.41 Å². The number of carbonyl (C=O) groups excluding carboxylic acids is 2. The predicted octanol–water partition coefficient (Wildman–Crippen LogP) is 6.45. The number of methoxy groups -OCH3 is 2. The zero-order chi connectivity index (χ0) is 31.0. The Kier molecular flexibility index (Phi) is 8.15. The number of nitrogens with zero attached hydrogens (tertiary/aromatic N) is 1. The molecule has 44 heavy (non-hydrogen) atoms. The third-order valence-electron chi connectivity index (χ3n) is 9.86. The number of anilines is 2. The average Bonchev–Trinajstić information content (AvgIpc) is 3.47. The molecule has 0 aromatic heterocycles. The summed E-state index contributed by atoms with van der Waals surface area (Å²) in [5.41, 5.74) is 9.17. The zero-order valence-electron chi connectivity index (χ0n) is 26.5. The van der Waals surface area contributed by atoms with Crippen molar-refractivity contribution in [2.75, 3.05) is 24.3 Å². The molecule has 226 valence electrons. The van der Waals surface area contributed by atoms with E-state index in [2.05, 4.69) is 97.5 Å². The van der Waals surface area contributed by atoms with Crippen molar-refractivity contribution in [3.05, 3.63) is 100 Å². The van der Waals surface area contributed by atoms with E-state index in [0.717, 1.165) is 54.6 Å². The van der Waals surface area contributed by atoms with Gasteiger partial charge in [-0.3, -0.25) is 9.59 Å². The summed E-state index contributed by atoms with van der Waals surface area (Å²) in [6, 6.07) is 23.6. The van der Waals surface area contributed by atoms with Crippen LogP contribution in [0.2, 0.25) is 0 Å². The van der Waals surface area contributed by atoms with Crippen LogP contribution in [-0.4, -0.2) is 33.1 Å². The van der Waals surface area contributed by atoms with E-state index in [0.29, 0.717) is 6.42 Å². The number of unbranched alkanes of at least 4 members (excludes halogenated alkanes) is 2. The maximum atomic E-state index is 13.3. The van der Waals surface area contributed by atoms with Crippen molar-refractivity contribution in [1.29, 1.82) is 0 Å². The molecule has 1 aliphatic heterocycles. The van der Waals surface area contributed by atoms with E-state index in [-0.39, 0.29) is 13.4 Å². The molecule has 0 radical (unpaired) electrons. The van der Waals surface area contributed by atoms with Crippen LogP contribution in [0.5, 0.6) is 0 Å². The lowest BCUT2D eigenvalue weighted by atomic mass is 9.58. The number of carbonyl (C=O) groups is 2. The van der Waals surface area contributed by atoms with Crippen LogP contribution < -0.4 is 15.5 Å². The van der Waals surface area contributed by atoms with Crippen LogP contribution in [0.25, 0.3) is 10.8 Å². The molecule has 1 heterocycles. The van der Waals surface area contributed by atoms with Gasteiger partial charge < -0.3 is 19.5 Å². The van der Waals surface area contributed by atoms with E-state index in [1.54, 1.807) is 0 Å². The van der Waals surface area contributed by atoms with Crippen LogP contribution in [-0.2, 0) is 44.9 Å². The third kappa shape index (κ3) is 4.83. The quantitative estimate of drug-likeness (QED) is 0.105. The third-order valence-corrected chi connectivity index (χ3v) is 9.86. The molecule has 1 N–H and O–H groups in total. The number of hydrogen-bond donors (Lipinski definition) is 1. The summed E-state index contributed by atoms with van der Waals surface area (Å²) < 4.78 is 10.4. The Morgan fingerprint density at radius 2 is 1.52 bits per heavy atom. The van der Waals surface area contributed by atoms with Gasteiger partial charge in [-0.15, -0.1) is 0 Å². The topological polar surface area (TPSA) is 67.9 Å². The first-order valence-corrected chi connectivity index (χ1v) is 15.7. The Morgan fingerprint density at radius 1 is 0.864 bits per heavy atom. The summed E-state index contributed by atoms with van der Waals surface area (Å²) in [7, 11) is 2.70. The van der Waals surface area contributed by atoms with Gasteiger partial charge in [0, 0.05) is 36.1 Å². The highest BCUT2D eigenvalue weighted by atomic mass is 16.5. The minimum absolute atomic E-state index is 0.150. The van der Waals surface area contributed by atoms with E-state index in [4.69, 9.17) is 9.47 Å². The highest BCUT2D eigenvalue weighted by Crippen LogP contribution is 2.44. The van der Waals surface area contributed by atoms with Gasteiger partial charge >= 0.3 is 18.9 Å². The SMILES string of the molecule is CCCCCc1c(C)c2c(c(C)c1B1Nc3cccc4cccc(c34)N1Cc1ccccc1)CC(C(=O)OC)(C(=O)OC)C2. The molecule has 0 saturated carbocycles. The standard InChI is InChI=1S/C37H41BN2O4/c1-6-7-9-18-28-24(2)29-21-37(35(41)43-4,36(42)44-5)22-30(29)25(3)34(28)38-39-31-19-12-16-27-17-13-20-32(33(27)31)40(38)23-26-14-10-8-11-15-26/h8,10-17,19-20,39H,6-7,9,18,21-23H2,1-5H3. The average molecular weight is 589 g/mol. The fourth-order valence-corrected chi connectivity index (χ4v) is 7.61. The van der Waals surface area contributed by atoms with Crippen molar-refractivity contribution in [3.63, 3.8) is 0 Å². The summed E-state index contributed by atoms with van der Waals surface area (Å²) >= 11 is 0. The molecular weight excluding hydrogens is 547 g/mol. The molecule has 0 fully saturated rings. The molecule has 0 unspecified atom stereocenters. The number of nitrogens with one attached hydrogen (secondary N) is 1. The maximum absolute atomic E-state index is 13.3. The molecule has 0 amide bonds. The number of ether oxygens (including phenoxy) is 2. The summed E-state index contributed by atoms with van der Waals surface area (Å²) in [6.07, 6.45) is 4.83. The molecule has 4 aromatic rings. The number of rotatable bonds is 9. The number of fused-ring (bicyclic) bond motifs is 1. The van der Waals surface area contributed by atoms with Crippen molar-refractivity contribution in [3.8, 4) is 0 Å². The normalized spacial score (nSPS) is 14.8. The maximum Gasteiger partial charge on any atom is 0.409 e. The number of esters is 2. The van der Waals surface area contributed by atoms with Crippen LogP contribution in [0.1, 0.15) is 59.6 Å². The van der Waals surface area contributed by atoms with E-state index < -0.39 is 17.4 Å². The van der Waals surface area contributed by atoms with Gasteiger partial charge in [0.05, 0.1) is 14.2 Å². The molecule has 0 bridgehead atoms. The lowest BCUT2D eigenvalue weighted by molar-refractivity contribution is -0.168. The predicted molar refractivity (Wildman–Crippen MR) is 179 cm³/mol. The highest BCUT2D eigenvalue weighted by molar-refractivity contribution is 6.81. The molecule has 6 rings (SSSR count). The number of hydrogen-bond acceptors (Lipinski definition) is 6. The van der Waals surface area contributed by atoms with Gasteiger partial charge in [0.2, 0.25) is 0 Å². The van der Waals surface area contributed by atoms with Gasteiger partial charge in [0.1, 0.15) is 0 Å². The van der Waals surface area contributed by atoms with Gasteiger partial charge in [0.25, 0.3) is 0 Å². The first-order valence-electron chi connectivity index (χ1n) is 15.7. The Hall–Kier alpha value is -4.26. The summed E-state index contributed by atoms with van der Waals surface area (Å²) in [6.45, 7) is 7.15. The van der Waals surface area contributed by atoms with Crippen molar-refractivity contribution >= 4 is 46.5 Å². The van der Waals surface area contributed by atoms with Gasteiger partial charge in [0.15, 0.2) is 5.41 Å². The molecule has 6 nitrogen and oxygen atoms in total. The fraction of sp³-hybridized carbons (Fsp3) is 0.351. The second-order valence-corrected chi connectivity index (χ2v) is 12.3. The second kappa shape index (κ2) is 12.0. The van der Waals surface area contributed by atoms with Gasteiger partial charge in [-0.1, -0.05) is 74.4 Å². The lowest BCUT2D eigenvalue weighted by Crippen LogP contribution is -2.58. The van der Waals surface area contributed by atoms with Crippen molar-refractivity contribution in [1.82, 2.24) is 0 Å². The second-order valence-electron chi connectivity index (χ2n) is 12.3. The largest absolute Gasteiger partial charge is 0.468 e. The molecule has 4 aromatic carbocycles. The summed E-state index contributed by atoms with van der Waals surface area (Å²) in [5, 5.41) is 6.40. The van der Waals surface area contributed by atoms with Crippen LogP contribution in [0.15, 0.2) is 66.7 Å². The summed E-state index contributed by atoms with van der Waals surface area (Å²) in [5.74, 6) is -1.06. The van der Waals surface area contributed by atoms with Crippen molar-refractivity contribution < 1.29 is 19.1 Å². The van der Waals surface area contributed by atoms with Crippen LogP contribution >= 0.6 is 0 Å². The van der Waals surface area contributed by atoms with Gasteiger partial charge in [-0.2, -0.15) is 0 Å². The smallest absolute Gasteiger partial charge is 0.409 e. The first kappa shape index (κ1) is 29.8. The molecule has 0 spiro atoms.